The lowest BCUT2D eigenvalue weighted by atomic mass is 9.95. The third-order valence-electron chi connectivity index (χ3n) is 2.99. The number of halogens is 1. The summed E-state index contributed by atoms with van der Waals surface area (Å²) >= 11 is 0. The van der Waals surface area contributed by atoms with Crippen molar-refractivity contribution in [1.82, 2.24) is 4.98 Å². The zero-order valence-electron chi connectivity index (χ0n) is 11.4. The van der Waals surface area contributed by atoms with Crippen LogP contribution in [-0.4, -0.2) is 17.9 Å². The molecule has 2 rings (SSSR count). The first kappa shape index (κ1) is 14.8. The summed E-state index contributed by atoms with van der Waals surface area (Å²) in [5.74, 6) is -1.91. The van der Waals surface area contributed by atoms with Crippen molar-refractivity contribution in [2.45, 2.75) is 12.5 Å². The van der Waals surface area contributed by atoms with Gasteiger partial charge in [0.1, 0.15) is 5.82 Å². The summed E-state index contributed by atoms with van der Waals surface area (Å²) in [5.41, 5.74) is 1.58. The molecule has 106 valence electrons. The van der Waals surface area contributed by atoms with Gasteiger partial charge in [0.2, 0.25) is 0 Å². The second-order valence-electron chi connectivity index (χ2n) is 4.46. The summed E-state index contributed by atoms with van der Waals surface area (Å²) in [6.45, 7) is 0.454. The molecule has 21 heavy (non-hydrogen) atoms. The van der Waals surface area contributed by atoms with Crippen molar-refractivity contribution in [1.29, 1.82) is 5.26 Å². The highest BCUT2D eigenvalue weighted by Gasteiger charge is 2.23. The largest absolute Gasteiger partial charge is 0.380 e. The number of Topliss-reactive ketones (excluding diaryl/α,β-unsaturated/α-hetero) is 1. The minimum atomic E-state index is -1.04. The number of rotatable bonds is 5. The van der Waals surface area contributed by atoms with Crippen molar-refractivity contribution < 1.29 is 13.9 Å². The molecule has 0 aliphatic heterocycles. The zero-order valence-corrected chi connectivity index (χ0v) is 11.4. The molecular formula is C16H13FN2O2. The van der Waals surface area contributed by atoms with Gasteiger partial charge in [-0.2, -0.15) is 5.26 Å². The van der Waals surface area contributed by atoms with E-state index in [9.17, 15) is 14.4 Å². The topological polar surface area (TPSA) is 63.0 Å². The van der Waals surface area contributed by atoms with Crippen LogP contribution in [0.15, 0.2) is 42.6 Å². The number of carbonyl (C=O) groups is 1. The Morgan fingerprint density at radius 3 is 2.57 bits per heavy atom. The number of methoxy groups -OCH3 is 1. The Bertz CT molecular complexity index is 660. The number of pyridine rings is 1. The standard InChI is InChI=1S/C16H13FN2O2/c1-21-10-11-2-4-12(5-3-11)16(20)14(8-18)15-7-6-13(17)9-19-15/h2-7,9,14H,10H2,1H3/t14-/m0/s1. The second-order valence-corrected chi connectivity index (χ2v) is 4.46. The molecule has 1 aromatic heterocycles. The molecule has 2 aromatic rings. The monoisotopic (exact) mass is 284 g/mol. The highest BCUT2D eigenvalue weighted by atomic mass is 19.1. The first-order valence-electron chi connectivity index (χ1n) is 6.29. The van der Waals surface area contributed by atoms with Crippen LogP contribution in [0.25, 0.3) is 0 Å². The molecule has 0 unspecified atom stereocenters. The molecule has 1 heterocycles. The van der Waals surface area contributed by atoms with Gasteiger partial charge in [0.05, 0.1) is 24.6 Å². The number of hydrogen-bond acceptors (Lipinski definition) is 4. The maximum atomic E-state index is 12.9. The first-order valence-corrected chi connectivity index (χ1v) is 6.29. The molecule has 0 spiro atoms. The molecule has 5 heteroatoms. The maximum absolute atomic E-state index is 12.9. The Morgan fingerprint density at radius 2 is 2.05 bits per heavy atom. The molecule has 0 bridgehead atoms. The van der Waals surface area contributed by atoms with Gasteiger partial charge in [-0.15, -0.1) is 0 Å². The second kappa shape index (κ2) is 6.73. The van der Waals surface area contributed by atoms with Gasteiger partial charge in [-0.25, -0.2) is 4.39 Å². The Kier molecular flexibility index (Phi) is 4.75. The van der Waals surface area contributed by atoms with Crippen LogP contribution in [-0.2, 0) is 11.3 Å². The predicted octanol–water partition coefficient (Wildman–Crippen LogP) is 2.86. The van der Waals surface area contributed by atoms with E-state index in [2.05, 4.69) is 4.98 Å². The van der Waals surface area contributed by atoms with Crippen LogP contribution >= 0.6 is 0 Å². The fraction of sp³-hybridized carbons (Fsp3) is 0.188. The fourth-order valence-electron chi connectivity index (χ4n) is 1.92. The first-order chi connectivity index (χ1) is 10.2. The van der Waals surface area contributed by atoms with E-state index in [-0.39, 0.29) is 11.5 Å². The van der Waals surface area contributed by atoms with E-state index in [0.717, 1.165) is 11.8 Å². The smallest absolute Gasteiger partial charge is 0.186 e. The van der Waals surface area contributed by atoms with Crippen LogP contribution < -0.4 is 0 Å². The number of benzene rings is 1. The van der Waals surface area contributed by atoms with Gasteiger partial charge in [0.15, 0.2) is 11.7 Å². The minimum absolute atomic E-state index is 0.241. The number of nitrogens with zero attached hydrogens (tertiary/aromatic N) is 2. The van der Waals surface area contributed by atoms with Crippen LogP contribution in [0.1, 0.15) is 27.5 Å². The highest BCUT2D eigenvalue weighted by Crippen LogP contribution is 2.19. The average Bonchev–Trinajstić information content (AvgIpc) is 2.51. The number of carbonyl (C=O) groups excluding carboxylic acids is 1. The summed E-state index contributed by atoms with van der Waals surface area (Å²) in [6, 6.07) is 11.3. The number of ketones is 1. The average molecular weight is 284 g/mol. The summed E-state index contributed by atoms with van der Waals surface area (Å²) in [5, 5.41) is 9.19. The normalized spacial score (nSPS) is 11.7. The van der Waals surface area contributed by atoms with Gasteiger partial charge in [0, 0.05) is 12.7 Å². The number of ether oxygens (including phenoxy) is 1. The number of nitriles is 1. The van der Waals surface area contributed by atoms with Gasteiger partial charge in [0.25, 0.3) is 0 Å². The highest BCUT2D eigenvalue weighted by molar-refractivity contribution is 6.02. The van der Waals surface area contributed by atoms with Gasteiger partial charge < -0.3 is 4.74 Å². The van der Waals surface area contributed by atoms with E-state index in [0.29, 0.717) is 12.2 Å². The van der Waals surface area contributed by atoms with Crippen molar-refractivity contribution in [2.24, 2.45) is 0 Å². The lowest BCUT2D eigenvalue weighted by Crippen LogP contribution is -2.12. The van der Waals surface area contributed by atoms with E-state index in [1.54, 1.807) is 31.4 Å². The van der Waals surface area contributed by atoms with Crippen molar-refractivity contribution >= 4 is 5.78 Å². The lowest BCUT2D eigenvalue weighted by molar-refractivity contribution is 0.0977. The molecule has 0 saturated heterocycles. The Balaban J connectivity index is 2.24. The molecule has 0 amide bonds. The van der Waals surface area contributed by atoms with E-state index < -0.39 is 11.7 Å². The molecule has 1 aromatic carbocycles. The third-order valence-corrected chi connectivity index (χ3v) is 2.99. The zero-order chi connectivity index (χ0) is 15.2. The van der Waals surface area contributed by atoms with Crippen molar-refractivity contribution in [3.05, 3.63) is 65.2 Å². The summed E-state index contributed by atoms with van der Waals surface area (Å²) in [7, 11) is 1.59. The molecule has 0 aliphatic carbocycles. The molecule has 0 radical (unpaired) electrons. The SMILES string of the molecule is COCc1ccc(C(=O)[C@@H](C#N)c2ccc(F)cn2)cc1. The molecular weight excluding hydrogens is 271 g/mol. The van der Waals surface area contributed by atoms with Crippen LogP contribution in [0.4, 0.5) is 4.39 Å². The predicted molar refractivity (Wildman–Crippen MR) is 74.0 cm³/mol. The van der Waals surface area contributed by atoms with E-state index >= 15 is 0 Å². The Hall–Kier alpha value is -2.58. The maximum Gasteiger partial charge on any atom is 0.186 e. The van der Waals surface area contributed by atoms with Crippen LogP contribution in [0.3, 0.4) is 0 Å². The Morgan fingerprint density at radius 1 is 1.33 bits per heavy atom. The van der Waals surface area contributed by atoms with Crippen molar-refractivity contribution in [2.75, 3.05) is 7.11 Å². The van der Waals surface area contributed by atoms with E-state index in [4.69, 9.17) is 4.74 Å². The molecule has 1 atom stereocenters. The molecule has 0 N–H and O–H groups in total. The fourth-order valence-corrected chi connectivity index (χ4v) is 1.92. The van der Waals surface area contributed by atoms with Gasteiger partial charge >= 0.3 is 0 Å². The third kappa shape index (κ3) is 3.50. The van der Waals surface area contributed by atoms with Gasteiger partial charge in [-0.3, -0.25) is 9.78 Å². The number of aromatic nitrogens is 1. The minimum Gasteiger partial charge on any atom is -0.380 e. The van der Waals surface area contributed by atoms with Gasteiger partial charge in [-0.05, 0) is 17.7 Å². The number of hydrogen-bond donors (Lipinski definition) is 0. The van der Waals surface area contributed by atoms with Crippen LogP contribution in [0.5, 0.6) is 0 Å². The quantitative estimate of drug-likeness (QED) is 0.792. The van der Waals surface area contributed by atoms with Crippen molar-refractivity contribution in [3.8, 4) is 6.07 Å². The Labute approximate surface area is 121 Å². The lowest BCUT2D eigenvalue weighted by Gasteiger charge is -2.08. The molecule has 4 nitrogen and oxygen atoms in total. The van der Waals surface area contributed by atoms with Crippen molar-refractivity contribution in [3.63, 3.8) is 0 Å². The summed E-state index contributed by atoms with van der Waals surface area (Å²) < 4.78 is 17.8. The molecule has 0 aliphatic rings. The van der Waals surface area contributed by atoms with Crippen LogP contribution in [0, 0.1) is 17.1 Å². The molecule has 0 saturated carbocycles. The summed E-state index contributed by atoms with van der Waals surface area (Å²) in [6.07, 6.45) is 0.995. The summed E-state index contributed by atoms with van der Waals surface area (Å²) in [4.78, 5) is 16.1. The van der Waals surface area contributed by atoms with E-state index in [1.165, 1.54) is 12.1 Å². The van der Waals surface area contributed by atoms with Crippen LogP contribution in [0.2, 0.25) is 0 Å². The van der Waals surface area contributed by atoms with Gasteiger partial charge in [-0.1, -0.05) is 24.3 Å². The van der Waals surface area contributed by atoms with E-state index in [1.807, 2.05) is 6.07 Å². The molecule has 0 fully saturated rings.